The van der Waals surface area contributed by atoms with E-state index in [1.54, 1.807) is 26.0 Å². The van der Waals surface area contributed by atoms with Crippen molar-refractivity contribution in [3.05, 3.63) is 35.6 Å². The maximum Gasteiger partial charge on any atom is 0.279 e. The number of rotatable bonds is 8. The van der Waals surface area contributed by atoms with E-state index in [1.807, 2.05) is 6.07 Å². The van der Waals surface area contributed by atoms with Crippen LogP contribution in [0.15, 0.2) is 24.3 Å². The maximum atomic E-state index is 13.0. The highest BCUT2D eigenvalue weighted by Crippen LogP contribution is 2.47. The van der Waals surface area contributed by atoms with E-state index in [0.717, 1.165) is 18.4 Å². The number of hydrogen-bond donors (Lipinski definition) is 1. The first kappa shape index (κ1) is 17.9. The Morgan fingerprint density at radius 1 is 1.39 bits per heavy atom. The lowest BCUT2D eigenvalue weighted by atomic mass is 9.96. The van der Waals surface area contributed by atoms with Gasteiger partial charge in [-0.05, 0) is 37.5 Å². The Hall–Kier alpha value is -1.49. The van der Waals surface area contributed by atoms with Crippen LogP contribution in [0.1, 0.15) is 32.3 Å². The topological polar surface area (TPSA) is 73.2 Å². The zero-order valence-electron chi connectivity index (χ0n) is 13.4. The number of nitriles is 1. The molecule has 0 spiro atoms. The molecule has 0 radical (unpaired) electrons. The van der Waals surface area contributed by atoms with Gasteiger partial charge in [0.1, 0.15) is 5.82 Å². The van der Waals surface area contributed by atoms with Crippen molar-refractivity contribution in [1.82, 2.24) is 9.03 Å². The quantitative estimate of drug-likeness (QED) is 0.789. The molecule has 0 unspecified atom stereocenters. The van der Waals surface area contributed by atoms with Crippen molar-refractivity contribution < 1.29 is 12.8 Å². The van der Waals surface area contributed by atoms with Gasteiger partial charge < -0.3 is 0 Å². The van der Waals surface area contributed by atoms with Gasteiger partial charge in [0.05, 0.1) is 12.0 Å². The van der Waals surface area contributed by atoms with Gasteiger partial charge >= 0.3 is 0 Å². The normalized spacial score (nSPS) is 17.7. The van der Waals surface area contributed by atoms with Crippen LogP contribution < -0.4 is 4.72 Å². The molecule has 23 heavy (non-hydrogen) atoms. The average molecular weight is 339 g/mol. The van der Waals surface area contributed by atoms with Crippen LogP contribution in [0.4, 0.5) is 4.39 Å². The van der Waals surface area contributed by atoms with Crippen molar-refractivity contribution in [2.24, 2.45) is 5.92 Å². The Balaban J connectivity index is 2.04. The van der Waals surface area contributed by atoms with E-state index in [2.05, 4.69) is 4.72 Å². The molecule has 1 N–H and O–H groups in total. The first-order chi connectivity index (χ1) is 10.8. The molecule has 2 rings (SSSR count). The standard InChI is InChI=1S/C16H22FN3O2S/c1-3-20(11-13(2)10-18)23(21,22)19-12-16(8-9-16)14-4-6-15(17)7-5-14/h4-7,13,19H,3,8-9,11-12H2,1-2H3/t13-/m1/s1. The van der Waals surface area contributed by atoms with Gasteiger partial charge in [-0.1, -0.05) is 19.1 Å². The van der Waals surface area contributed by atoms with Crippen molar-refractivity contribution in [2.75, 3.05) is 19.6 Å². The highest BCUT2D eigenvalue weighted by molar-refractivity contribution is 7.87. The zero-order chi connectivity index (χ0) is 17.1. The lowest BCUT2D eigenvalue weighted by molar-refractivity contribution is 0.390. The summed E-state index contributed by atoms with van der Waals surface area (Å²) in [6.07, 6.45) is 1.75. The van der Waals surface area contributed by atoms with E-state index in [4.69, 9.17) is 5.26 Å². The van der Waals surface area contributed by atoms with E-state index in [-0.39, 0.29) is 23.7 Å². The molecule has 0 aromatic heterocycles. The fourth-order valence-corrected chi connectivity index (χ4v) is 3.99. The Morgan fingerprint density at radius 3 is 2.48 bits per heavy atom. The molecule has 1 aromatic rings. The monoisotopic (exact) mass is 339 g/mol. The van der Waals surface area contributed by atoms with Crippen LogP contribution in [0.5, 0.6) is 0 Å². The first-order valence-corrected chi connectivity index (χ1v) is 9.17. The Labute approximate surface area is 137 Å². The Morgan fingerprint density at radius 2 is 2.00 bits per heavy atom. The van der Waals surface area contributed by atoms with Gasteiger partial charge in [-0.3, -0.25) is 0 Å². The predicted molar refractivity (Wildman–Crippen MR) is 86.3 cm³/mol. The lowest BCUT2D eigenvalue weighted by Crippen LogP contribution is -2.45. The van der Waals surface area contributed by atoms with Gasteiger partial charge in [-0.15, -0.1) is 0 Å². The number of hydrogen-bond acceptors (Lipinski definition) is 3. The molecule has 5 nitrogen and oxygen atoms in total. The summed E-state index contributed by atoms with van der Waals surface area (Å²) in [7, 11) is -3.63. The third kappa shape index (κ3) is 4.28. The summed E-state index contributed by atoms with van der Waals surface area (Å²) in [4.78, 5) is 0. The van der Waals surface area contributed by atoms with E-state index < -0.39 is 10.2 Å². The van der Waals surface area contributed by atoms with Gasteiger partial charge in [-0.25, -0.2) is 9.11 Å². The molecule has 126 valence electrons. The molecule has 0 saturated heterocycles. The maximum absolute atomic E-state index is 13.0. The number of halogens is 1. The first-order valence-electron chi connectivity index (χ1n) is 7.73. The molecule has 1 fully saturated rings. The van der Waals surface area contributed by atoms with Gasteiger partial charge in [0.25, 0.3) is 10.2 Å². The third-order valence-electron chi connectivity index (χ3n) is 4.29. The summed E-state index contributed by atoms with van der Waals surface area (Å²) in [6.45, 7) is 4.21. The molecular formula is C16H22FN3O2S. The minimum Gasteiger partial charge on any atom is -0.207 e. The second kappa shape index (κ2) is 6.95. The van der Waals surface area contributed by atoms with Gasteiger partial charge in [0.2, 0.25) is 0 Å². The SMILES string of the molecule is CCN(C[C@H](C)C#N)S(=O)(=O)NCC1(c2ccc(F)cc2)CC1. The Kier molecular flexibility index (Phi) is 5.40. The van der Waals surface area contributed by atoms with Crippen molar-refractivity contribution >= 4 is 10.2 Å². The van der Waals surface area contributed by atoms with E-state index in [1.165, 1.54) is 16.4 Å². The minimum absolute atomic E-state index is 0.173. The second-order valence-corrected chi connectivity index (χ2v) is 7.85. The fraction of sp³-hybridized carbons (Fsp3) is 0.562. The highest BCUT2D eigenvalue weighted by Gasteiger charge is 2.45. The largest absolute Gasteiger partial charge is 0.279 e. The van der Waals surface area contributed by atoms with Crippen molar-refractivity contribution in [3.63, 3.8) is 0 Å². The highest BCUT2D eigenvalue weighted by atomic mass is 32.2. The molecule has 1 aliphatic rings. The van der Waals surface area contributed by atoms with E-state index >= 15 is 0 Å². The van der Waals surface area contributed by atoms with Gasteiger partial charge in [-0.2, -0.15) is 18.0 Å². The zero-order valence-corrected chi connectivity index (χ0v) is 14.2. The van der Waals surface area contributed by atoms with Crippen LogP contribution >= 0.6 is 0 Å². The smallest absolute Gasteiger partial charge is 0.207 e. The van der Waals surface area contributed by atoms with Crippen molar-refractivity contribution in [3.8, 4) is 6.07 Å². The Bertz CT molecular complexity index is 678. The van der Waals surface area contributed by atoms with Crippen LogP contribution in [0.3, 0.4) is 0 Å². The minimum atomic E-state index is -3.63. The van der Waals surface area contributed by atoms with Crippen molar-refractivity contribution in [2.45, 2.75) is 32.1 Å². The molecule has 0 heterocycles. The van der Waals surface area contributed by atoms with Crippen LogP contribution in [0, 0.1) is 23.1 Å². The summed E-state index contributed by atoms with van der Waals surface area (Å²) in [6, 6.07) is 8.28. The average Bonchev–Trinajstić information content (AvgIpc) is 3.32. The molecule has 1 atom stereocenters. The van der Waals surface area contributed by atoms with Crippen LogP contribution in [-0.2, 0) is 15.6 Å². The van der Waals surface area contributed by atoms with Gasteiger partial charge in [0, 0.05) is 25.0 Å². The number of nitrogens with zero attached hydrogens (tertiary/aromatic N) is 2. The molecule has 7 heteroatoms. The fourth-order valence-electron chi connectivity index (χ4n) is 2.59. The van der Waals surface area contributed by atoms with Gasteiger partial charge in [0.15, 0.2) is 0 Å². The number of benzene rings is 1. The molecular weight excluding hydrogens is 317 g/mol. The molecule has 1 aromatic carbocycles. The molecule has 0 bridgehead atoms. The van der Waals surface area contributed by atoms with Crippen molar-refractivity contribution in [1.29, 1.82) is 5.26 Å². The van der Waals surface area contributed by atoms with Crippen LogP contribution in [-0.4, -0.2) is 32.4 Å². The number of nitrogens with one attached hydrogen (secondary N) is 1. The summed E-state index contributed by atoms with van der Waals surface area (Å²) in [5, 5.41) is 8.86. The van der Waals surface area contributed by atoms with Crippen LogP contribution in [0.25, 0.3) is 0 Å². The molecule has 0 amide bonds. The predicted octanol–water partition coefficient (Wildman–Crippen LogP) is 2.17. The molecule has 1 saturated carbocycles. The van der Waals surface area contributed by atoms with Crippen LogP contribution in [0.2, 0.25) is 0 Å². The summed E-state index contributed by atoms with van der Waals surface area (Å²) in [5.41, 5.74) is 0.719. The summed E-state index contributed by atoms with van der Waals surface area (Å²) >= 11 is 0. The second-order valence-electron chi connectivity index (χ2n) is 6.09. The third-order valence-corrected chi connectivity index (χ3v) is 5.89. The van der Waals surface area contributed by atoms with E-state index in [9.17, 15) is 12.8 Å². The van der Waals surface area contributed by atoms with E-state index in [0.29, 0.717) is 13.1 Å². The molecule has 0 aliphatic heterocycles. The summed E-state index contributed by atoms with van der Waals surface area (Å²) in [5.74, 6) is -0.661. The molecule has 1 aliphatic carbocycles. The summed E-state index contributed by atoms with van der Waals surface area (Å²) < 4.78 is 41.8. The lowest BCUT2D eigenvalue weighted by Gasteiger charge is -2.24.